The molecule has 0 nitrogen and oxygen atoms in total. The zero-order valence-corrected chi connectivity index (χ0v) is 35.1. The van der Waals surface area contributed by atoms with Crippen molar-refractivity contribution in [2.75, 3.05) is 0 Å². The molecular weight excluding hydrogens is 727 g/mol. The molecule has 0 saturated carbocycles. The number of hydrogen-bond acceptors (Lipinski definition) is 0. The molecule has 256 valence electrons. The predicted octanol–water partition coefficient (Wildman–Crippen LogP) is 6.66. The van der Waals surface area contributed by atoms with Gasteiger partial charge in [0.2, 0.25) is 0 Å². The Morgan fingerprint density at radius 3 is 1.60 bits per heavy atom. The smallest absolute Gasteiger partial charge is 1.00 e. The normalized spacial score (nSPS) is 17.4. The van der Waals surface area contributed by atoms with Gasteiger partial charge in [0.25, 0.3) is 0 Å². The average Bonchev–Trinajstić information content (AvgIpc) is 3.70. The van der Waals surface area contributed by atoms with Crippen LogP contribution in [0.15, 0.2) is 109 Å². The molecule has 50 heavy (non-hydrogen) atoms. The van der Waals surface area contributed by atoms with Gasteiger partial charge in [-0.2, -0.15) is 11.6 Å². The van der Waals surface area contributed by atoms with Gasteiger partial charge in [0.15, 0.2) is 0 Å². The molecular formula is C47H48Cl2Zr-2. The third-order valence-electron chi connectivity index (χ3n) is 10.2. The number of benzene rings is 4. The summed E-state index contributed by atoms with van der Waals surface area (Å²) in [6.07, 6.45) is 10.5. The van der Waals surface area contributed by atoms with Crippen LogP contribution >= 0.6 is 0 Å². The summed E-state index contributed by atoms with van der Waals surface area (Å²) in [5, 5.41) is 5.57. The molecule has 1 atom stereocenters. The van der Waals surface area contributed by atoms with Crippen LogP contribution in [0.5, 0.6) is 0 Å². The van der Waals surface area contributed by atoms with E-state index in [1.54, 1.807) is 0 Å². The molecule has 0 heterocycles. The van der Waals surface area contributed by atoms with E-state index in [0.29, 0.717) is 5.92 Å². The van der Waals surface area contributed by atoms with E-state index in [2.05, 4.69) is 172 Å². The van der Waals surface area contributed by atoms with E-state index in [-0.39, 0.29) is 35.6 Å². The van der Waals surface area contributed by atoms with Crippen LogP contribution in [0, 0.1) is 18.9 Å². The fourth-order valence-corrected chi connectivity index (χ4v) is 8.20. The van der Waals surface area contributed by atoms with Crippen LogP contribution in [0.25, 0.3) is 38.3 Å². The molecule has 0 N–H and O–H groups in total. The monoisotopic (exact) mass is 772 g/mol. The summed E-state index contributed by atoms with van der Waals surface area (Å²) in [4.78, 5) is 0. The molecule has 0 amide bonds. The van der Waals surface area contributed by atoms with E-state index < -0.39 is 0 Å². The molecule has 0 radical (unpaired) electrons. The molecule has 0 fully saturated rings. The minimum Gasteiger partial charge on any atom is -1.00 e. The quantitative estimate of drug-likeness (QED) is 0.176. The molecule has 0 bridgehead atoms. The summed E-state index contributed by atoms with van der Waals surface area (Å²) >= 11 is 1.51. The Kier molecular flexibility index (Phi) is 12.2. The molecule has 3 aliphatic rings. The molecule has 0 spiro atoms. The summed E-state index contributed by atoms with van der Waals surface area (Å²) in [6.45, 7) is 22.4. The van der Waals surface area contributed by atoms with Crippen molar-refractivity contribution < 1.29 is 49.0 Å². The average molecular weight is 775 g/mol. The van der Waals surface area contributed by atoms with Crippen molar-refractivity contribution in [1.29, 1.82) is 0 Å². The summed E-state index contributed by atoms with van der Waals surface area (Å²) in [7, 11) is 0. The largest absolute Gasteiger partial charge is 1.00 e. The Balaban J connectivity index is 0.000000190. The van der Waals surface area contributed by atoms with Crippen LogP contribution in [0.2, 0.25) is 0 Å². The Morgan fingerprint density at radius 2 is 1.18 bits per heavy atom. The topological polar surface area (TPSA) is 0 Å². The molecule has 5 aromatic rings. The van der Waals surface area contributed by atoms with Gasteiger partial charge in [-0.25, -0.2) is 5.57 Å². The number of hydrogen-bond donors (Lipinski definition) is 0. The van der Waals surface area contributed by atoms with Gasteiger partial charge in [-0.3, -0.25) is 6.08 Å². The van der Waals surface area contributed by atoms with Crippen LogP contribution in [0.1, 0.15) is 101 Å². The Hall–Kier alpha value is -2.96. The van der Waals surface area contributed by atoms with E-state index in [1.165, 1.54) is 110 Å². The van der Waals surface area contributed by atoms with Crippen molar-refractivity contribution >= 4 is 41.5 Å². The van der Waals surface area contributed by atoms with E-state index in [9.17, 15) is 0 Å². The van der Waals surface area contributed by atoms with Crippen molar-refractivity contribution in [3.63, 3.8) is 0 Å². The number of halogens is 2. The van der Waals surface area contributed by atoms with Crippen molar-refractivity contribution in [2.45, 2.75) is 80.1 Å². The minimum atomic E-state index is 0. The van der Waals surface area contributed by atoms with Gasteiger partial charge in [-0.1, -0.05) is 113 Å². The third-order valence-corrected chi connectivity index (χ3v) is 10.9. The van der Waals surface area contributed by atoms with E-state index in [1.807, 2.05) is 6.07 Å². The molecule has 0 aromatic heterocycles. The van der Waals surface area contributed by atoms with Crippen molar-refractivity contribution in [3.8, 4) is 0 Å². The van der Waals surface area contributed by atoms with Gasteiger partial charge < -0.3 is 24.8 Å². The van der Waals surface area contributed by atoms with Crippen LogP contribution in [0.4, 0.5) is 0 Å². The first kappa shape index (κ1) is 39.8. The SMILES string of the molecule is CC1=CC(C)(C)c2cc3[cH-]c4cc5c(cc4c3cc21)C(C)=CC5(C)C.CC1=[C-]C(C)C=C1c1ccccc1.C[C](=[Zr+2])c1ccc(C)cc1.[Cl-].[Cl-]. The van der Waals surface area contributed by atoms with Crippen LogP contribution < -0.4 is 24.8 Å². The third kappa shape index (κ3) is 7.92. The van der Waals surface area contributed by atoms with Gasteiger partial charge in [-0.15, -0.1) is 45.3 Å². The Labute approximate surface area is 328 Å². The second kappa shape index (κ2) is 15.3. The standard InChI is InChI=1S/C25H25.C13H13.C9H10.2ClH.Zr/c1-14-12-24(3,4)22-8-16-7-17-9-23-19(15(2)13-25(23,5)6)11-21(17)20(16)10-18(14)22;1-10-8-11(2)13(9-10)12-6-4-3-5-7-12;1-3-9-6-4-8(2)5-7-9;;;/h7-13H,1-6H3;3-7,9-10H,1-2H3;4-7H,1-2H3;2*1H;/q2*-1;;;;+2/p-2. The van der Waals surface area contributed by atoms with E-state index in [4.69, 9.17) is 0 Å². The van der Waals surface area contributed by atoms with Crippen molar-refractivity contribution in [2.24, 2.45) is 5.92 Å². The zero-order valence-electron chi connectivity index (χ0n) is 31.1. The first-order valence-corrected chi connectivity index (χ1v) is 18.5. The van der Waals surface area contributed by atoms with E-state index in [0.717, 1.165) is 0 Å². The van der Waals surface area contributed by atoms with E-state index >= 15 is 0 Å². The maximum absolute atomic E-state index is 3.39. The van der Waals surface area contributed by atoms with Crippen LogP contribution in [-0.2, 0) is 35.1 Å². The van der Waals surface area contributed by atoms with Gasteiger partial charge in [-0.05, 0) is 36.1 Å². The van der Waals surface area contributed by atoms with Crippen LogP contribution in [-0.4, -0.2) is 3.21 Å². The van der Waals surface area contributed by atoms with Gasteiger partial charge in [0, 0.05) is 10.8 Å². The molecule has 3 heteroatoms. The minimum absolute atomic E-state index is 0. The van der Waals surface area contributed by atoms with Crippen LogP contribution in [0.3, 0.4) is 0 Å². The summed E-state index contributed by atoms with van der Waals surface area (Å²) < 4.78 is 1.46. The molecule has 8 rings (SSSR count). The number of aryl methyl sites for hydroxylation is 1. The summed E-state index contributed by atoms with van der Waals surface area (Å²) in [5.41, 5.74) is 15.5. The number of allylic oxidation sites excluding steroid dienone is 8. The predicted molar refractivity (Wildman–Crippen MR) is 207 cm³/mol. The van der Waals surface area contributed by atoms with Gasteiger partial charge in [0.05, 0.1) is 0 Å². The first-order chi connectivity index (χ1) is 22.6. The number of rotatable bonds is 2. The maximum atomic E-state index is 3.39. The van der Waals surface area contributed by atoms with Gasteiger partial charge in [0.1, 0.15) is 0 Å². The molecule has 5 aromatic carbocycles. The molecule has 0 saturated heterocycles. The maximum Gasteiger partial charge on any atom is -1.00 e. The molecule has 0 aliphatic heterocycles. The molecule has 1 unspecified atom stereocenters. The fourth-order valence-electron chi connectivity index (χ4n) is 7.79. The first-order valence-electron chi connectivity index (χ1n) is 17.3. The molecule has 3 aliphatic carbocycles. The Bertz CT molecular complexity index is 2090. The Morgan fingerprint density at radius 1 is 0.700 bits per heavy atom. The summed E-state index contributed by atoms with van der Waals surface area (Å²) in [6, 6.07) is 31.3. The fraction of sp³-hybridized carbons (Fsp3) is 0.277. The zero-order chi connectivity index (χ0) is 34.5. The van der Waals surface area contributed by atoms with Gasteiger partial charge >= 0.3 is 76.7 Å². The number of fused-ring (bicyclic) bond motifs is 5. The summed E-state index contributed by atoms with van der Waals surface area (Å²) in [5.74, 6) is 0.468. The second-order valence-electron chi connectivity index (χ2n) is 15.2. The second-order valence-corrected chi connectivity index (χ2v) is 17.1. The van der Waals surface area contributed by atoms with Crippen molar-refractivity contribution in [3.05, 3.63) is 154 Å². The van der Waals surface area contributed by atoms with Crippen molar-refractivity contribution in [1.82, 2.24) is 0 Å².